The first-order chi connectivity index (χ1) is 8.58. The van der Waals surface area contributed by atoms with Crippen LogP contribution in [0.2, 0.25) is 0 Å². The fraction of sp³-hybridized carbons (Fsp3) is 0.250. The lowest BCUT2D eigenvalue weighted by Crippen LogP contribution is -1.93. The van der Waals surface area contributed by atoms with E-state index in [1.54, 1.807) is 0 Å². The molecule has 2 aromatic heterocycles. The van der Waals surface area contributed by atoms with Crippen molar-refractivity contribution >= 4 is 21.8 Å². The number of aryl methyl sites for hydroxylation is 4. The Balaban J connectivity index is 2.59. The van der Waals surface area contributed by atoms with Gasteiger partial charge in [0, 0.05) is 23.2 Å². The van der Waals surface area contributed by atoms with Crippen molar-refractivity contribution in [2.24, 2.45) is 0 Å². The molecular weight excluding hydrogens is 220 g/mol. The molecule has 0 aliphatic rings. The van der Waals surface area contributed by atoms with E-state index in [9.17, 15) is 0 Å². The Hall–Kier alpha value is -1.96. The first-order valence-corrected chi connectivity index (χ1v) is 6.20. The molecule has 0 radical (unpaired) electrons. The van der Waals surface area contributed by atoms with Crippen molar-refractivity contribution in [2.75, 3.05) is 0 Å². The van der Waals surface area contributed by atoms with Gasteiger partial charge in [-0.3, -0.25) is 9.97 Å². The molecule has 0 unspecified atom stereocenters. The molecule has 2 nitrogen and oxygen atoms in total. The summed E-state index contributed by atoms with van der Waals surface area (Å²) in [4.78, 5) is 9.16. The van der Waals surface area contributed by atoms with Crippen LogP contribution in [0.15, 0.2) is 24.5 Å². The fourth-order valence-electron chi connectivity index (χ4n) is 2.44. The van der Waals surface area contributed by atoms with E-state index in [0.717, 1.165) is 11.0 Å². The minimum absolute atomic E-state index is 1.01. The molecule has 1 aromatic carbocycles. The Kier molecular flexibility index (Phi) is 2.34. The molecule has 0 bridgehead atoms. The molecule has 2 heteroatoms. The number of benzene rings is 1. The molecule has 0 atom stereocenters. The van der Waals surface area contributed by atoms with Gasteiger partial charge in [-0.2, -0.15) is 0 Å². The van der Waals surface area contributed by atoms with Crippen molar-refractivity contribution in [1.82, 2.24) is 9.97 Å². The predicted octanol–water partition coefficient (Wildman–Crippen LogP) is 4.02. The zero-order chi connectivity index (χ0) is 12.9. The standard InChI is InChI=1S/C16H16N2/c1-9-5-13-10(2)6-14-12(4)11(3)8-18-16(14)15(13)17-7-9/h5-8H,1-4H3. The molecule has 0 aliphatic carbocycles. The third-order valence-electron chi connectivity index (χ3n) is 3.67. The van der Waals surface area contributed by atoms with Gasteiger partial charge in [-0.25, -0.2) is 0 Å². The van der Waals surface area contributed by atoms with Crippen molar-refractivity contribution in [3.05, 3.63) is 46.8 Å². The van der Waals surface area contributed by atoms with Crippen molar-refractivity contribution in [3.63, 3.8) is 0 Å². The van der Waals surface area contributed by atoms with E-state index < -0.39 is 0 Å². The van der Waals surface area contributed by atoms with Crippen LogP contribution in [0, 0.1) is 27.7 Å². The number of aromatic nitrogens is 2. The molecule has 90 valence electrons. The van der Waals surface area contributed by atoms with Crippen molar-refractivity contribution in [1.29, 1.82) is 0 Å². The van der Waals surface area contributed by atoms with Gasteiger partial charge < -0.3 is 0 Å². The molecule has 0 fully saturated rings. The van der Waals surface area contributed by atoms with E-state index in [-0.39, 0.29) is 0 Å². The van der Waals surface area contributed by atoms with Gasteiger partial charge in [0.1, 0.15) is 0 Å². The highest BCUT2D eigenvalue weighted by Gasteiger charge is 2.09. The van der Waals surface area contributed by atoms with E-state index in [2.05, 4.69) is 49.8 Å². The summed E-state index contributed by atoms with van der Waals surface area (Å²) in [5.74, 6) is 0. The van der Waals surface area contributed by atoms with E-state index in [1.807, 2.05) is 12.4 Å². The molecule has 3 rings (SSSR count). The smallest absolute Gasteiger partial charge is 0.0967 e. The summed E-state index contributed by atoms with van der Waals surface area (Å²) >= 11 is 0. The van der Waals surface area contributed by atoms with Crippen LogP contribution in [0.1, 0.15) is 22.3 Å². The molecular formula is C16H16N2. The van der Waals surface area contributed by atoms with Crippen LogP contribution in [0.25, 0.3) is 21.8 Å². The minimum Gasteiger partial charge on any atom is -0.254 e. The van der Waals surface area contributed by atoms with Crippen LogP contribution < -0.4 is 0 Å². The van der Waals surface area contributed by atoms with Gasteiger partial charge >= 0.3 is 0 Å². The quantitative estimate of drug-likeness (QED) is 0.551. The lowest BCUT2D eigenvalue weighted by Gasteiger charge is -2.10. The molecule has 0 saturated heterocycles. The number of hydrogen-bond acceptors (Lipinski definition) is 2. The highest BCUT2D eigenvalue weighted by molar-refractivity contribution is 6.05. The number of rotatable bonds is 0. The molecule has 0 spiro atoms. The molecule has 0 N–H and O–H groups in total. The second-order valence-corrected chi connectivity index (χ2v) is 5.06. The van der Waals surface area contributed by atoms with Crippen LogP contribution in [-0.2, 0) is 0 Å². The van der Waals surface area contributed by atoms with Crippen LogP contribution in [0.4, 0.5) is 0 Å². The average molecular weight is 236 g/mol. The molecule has 0 amide bonds. The lowest BCUT2D eigenvalue weighted by atomic mass is 9.99. The molecule has 0 saturated carbocycles. The topological polar surface area (TPSA) is 25.8 Å². The predicted molar refractivity (Wildman–Crippen MR) is 76.0 cm³/mol. The summed E-state index contributed by atoms with van der Waals surface area (Å²) in [6.07, 6.45) is 3.85. The Morgan fingerprint density at radius 3 is 2.17 bits per heavy atom. The molecule has 3 aromatic rings. The first kappa shape index (κ1) is 11.1. The van der Waals surface area contributed by atoms with Crippen LogP contribution in [0.5, 0.6) is 0 Å². The van der Waals surface area contributed by atoms with Crippen LogP contribution in [-0.4, -0.2) is 9.97 Å². The Bertz CT molecular complexity index is 768. The number of hydrogen-bond donors (Lipinski definition) is 0. The maximum atomic E-state index is 4.58. The zero-order valence-electron chi connectivity index (χ0n) is 11.2. The summed E-state index contributed by atoms with van der Waals surface area (Å²) in [6, 6.07) is 4.42. The van der Waals surface area contributed by atoms with Crippen molar-refractivity contribution in [3.8, 4) is 0 Å². The van der Waals surface area contributed by atoms with Crippen LogP contribution >= 0.6 is 0 Å². The van der Waals surface area contributed by atoms with Gasteiger partial charge in [0.15, 0.2) is 0 Å². The maximum Gasteiger partial charge on any atom is 0.0967 e. The summed E-state index contributed by atoms with van der Waals surface area (Å²) < 4.78 is 0. The fourth-order valence-corrected chi connectivity index (χ4v) is 2.44. The number of fused-ring (bicyclic) bond motifs is 3. The van der Waals surface area contributed by atoms with Gasteiger partial charge in [0.25, 0.3) is 0 Å². The largest absolute Gasteiger partial charge is 0.254 e. The normalized spacial score (nSPS) is 11.3. The third kappa shape index (κ3) is 1.49. The Morgan fingerprint density at radius 1 is 0.722 bits per heavy atom. The highest BCUT2D eigenvalue weighted by Crippen LogP contribution is 2.28. The van der Waals surface area contributed by atoms with Gasteiger partial charge in [0.05, 0.1) is 11.0 Å². The maximum absolute atomic E-state index is 4.58. The van der Waals surface area contributed by atoms with Crippen LogP contribution in [0.3, 0.4) is 0 Å². The van der Waals surface area contributed by atoms with Gasteiger partial charge in [-0.1, -0.05) is 0 Å². The third-order valence-corrected chi connectivity index (χ3v) is 3.67. The Labute approximate surface area is 107 Å². The number of pyridine rings is 2. The molecule has 18 heavy (non-hydrogen) atoms. The SMILES string of the molecule is Cc1cnc2c(c1)c(C)cc1c(C)c(C)cnc12. The highest BCUT2D eigenvalue weighted by atomic mass is 14.7. The van der Waals surface area contributed by atoms with Crippen molar-refractivity contribution < 1.29 is 0 Å². The minimum atomic E-state index is 1.01. The summed E-state index contributed by atoms with van der Waals surface area (Å²) in [5.41, 5.74) is 7.01. The summed E-state index contributed by atoms with van der Waals surface area (Å²) in [5, 5.41) is 2.43. The van der Waals surface area contributed by atoms with Gasteiger partial charge in [0.2, 0.25) is 0 Å². The van der Waals surface area contributed by atoms with E-state index in [1.165, 1.54) is 33.0 Å². The van der Waals surface area contributed by atoms with E-state index in [0.29, 0.717) is 0 Å². The molecule has 0 aliphatic heterocycles. The second-order valence-electron chi connectivity index (χ2n) is 5.06. The summed E-state index contributed by atoms with van der Waals surface area (Å²) in [6.45, 7) is 8.47. The number of nitrogens with zero attached hydrogens (tertiary/aromatic N) is 2. The van der Waals surface area contributed by atoms with E-state index in [4.69, 9.17) is 0 Å². The monoisotopic (exact) mass is 236 g/mol. The first-order valence-electron chi connectivity index (χ1n) is 6.20. The van der Waals surface area contributed by atoms with E-state index >= 15 is 0 Å². The average Bonchev–Trinajstić information content (AvgIpc) is 2.35. The van der Waals surface area contributed by atoms with Gasteiger partial charge in [-0.05, 0) is 62.1 Å². The van der Waals surface area contributed by atoms with Gasteiger partial charge in [-0.15, -0.1) is 0 Å². The molecule has 2 heterocycles. The van der Waals surface area contributed by atoms with Crippen molar-refractivity contribution in [2.45, 2.75) is 27.7 Å². The summed E-state index contributed by atoms with van der Waals surface area (Å²) in [7, 11) is 0. The second kappa shape index (κ2) is 3.77. The lowest BCUT2D eigenvalue weighted by molar-refractivity contribution is 1.26. The Morgan fingerprint density at radius 2 is 1.39 bits per heavy atom. The zero-order valence-corrected chi connectivity index (χ0v) is 11.2.